The zero-order valence-electron chi connectivity index (χ0n) is 21.1. The predicted octanol–water partition coefficient (Wildman–Crippen LogP) is 3.60. The minimum absolute atomic E-state index is 0.169. The van der Waals surface area contributed by atoms with Gasteiger partial charge in [-0.05, 0) is 23.3 Å². The number of hydrogen-bond acceptors (Lipinski definition) is 8. The number of ketones is 1. The first-order valence-electron chi connectivity index (χ1n) is 12.1. The van der Waals surface area contributed by atoms with Crippen molar-refractivity contribution in [1.29, 1.82) is 0 Å². The van der Waals surface area contributed by atoms with Crippen LogP contribution in [0, 0.1) is 0 Å². The molecule has 1 fully saturated rings. The summed E-state index contributed by atoms with van der Waals surface area (Å²) in [6, 6.07) is 12.1. The number of carbonyl (C=O) groups is 5. The van der Waals surface area contributed by atoms with Crippen molar-refractivity contribution < 1.29 is 33.8 Å². The van der Waals surface area contributed by atoms with Gasteiger partial charge in [-0.1, -0.05) is 56.3 Å². The number of Topliss-reactive ketones (excluding diaryl/α,β-unsaturated/α-hetero) is 1. The molecule has 0 spiro atoms. The largest absolute Gasteiger partial charge is 0.482 e. The van der Waals surface area contributed by atoms with Gasteiger partial charge in [0.25, 0.3) is 5.91 Å². The number of aromatic nitrogens is 1. The summed E-state index contributed by atoms with van der Waals surface area (Å²) >= 11 is 1.08. The van der Waals surface area contributed by atoms with E-state index in [0.29, 0.717) is 5.56 Å². The molecule has 4 rings (SSSR count). The molecular weight excluding hydrogens is 524 g/mol. The molecule has 0 bridgehead atoms. The number of nitrogens with zero attached hydrogens (tertiary/aromatic N) is 2. The summed E-state index contributed by atoms with van der Waals surface area (Å²) in [7, 11) is 0. The summed E-state index contributed by atoms with van der Waals surface area (Å²) in [6.45, 7) is 2.94. The lowest BCUT2D eigenvalue weighted by Gasteiger charge is -2.29. The molecule has 0 saturated carbocycles. The summed E-state index contributed by atoms with van der Waals surface area (Å²) in [5.41, 5.74) is 1.41. The molecule has 12 heteroatoms. The van der Waals surface area contributed by atoms with Crippen LogP contribution in [0.15, 0.2) is 60.0 Å². The molecule has 11 nitrogen and oxygen atoms in total. The highest BCUT2D eigenvalue weighted by atomic mass is 32.1. The number of hydrogen-bond donors (Lipinski definition) is 3. The van der Waals surface area contributed by atoms with Crippen molar-refractivity contribution in [2.24, 2.45) is 0 Å². The van der Waals surface area contributed by atoms with Crippen molar-refractivity contribution in [2.75, 3.05) is 11.9 Å². The second kappa shape index (κ2) is 11.9. The zero-order chi connectivity index (χ0) is 28.1. The number of rotatable bonds is 11. The van der Waals surface area contributed by atoms with Gasteiger partial charge in [-0.2, -0.15) is 0 Å². The van der Waals surface area contributed by atoms with Crippen molar-refractivity contribution >= 4 is 46.1 Å². The molecule has 3 aromatic rings. The number of aliphatic carboxylic acids is 1. The number of benzene rings is 2. The number of amides is 4. The van der Waals surface area contributed by atoms with Crippen molar-refractivity contribution in [3.8, 4) is 5.75 Å². The molecule has 1 aliphatic rings. The average molecular weight is 551 g/mol. The molecule has 4 amide bonds. The number of carbonyl (C=O) groups excluding carboxylic acids is 4. The van der Waals surface area contributed by atoms with E-state index in [4.69, 9.17) is 9.84 Å². The van der Waals surface area contributed by atoms with E-state index in [2.05, 4.69) is 15.6 Å². The Morgan fingerprint density at radius 1 is 1.13 bits per heavy atom. The van der Waals surface area contributed by atoms with E-state index in [9.17, 15) is 24.0 Å². The molecule has 202 valence electrons. The summed E-state index contributed by atoms with van der Waals surface area (Å²) in [5.74, 6) is -2.84. The van der Waals surface area contributed by atoms with Crippen LogP contribution in [0.4, 0.5) is 9.93 Å². The summed E-state index contributed by atoms with van der Waals surface area (Å²) < 4.78 is 5.12. The molecule has 3 atom stereocenters. The molecule has 3 N–H and O–H groups in total. The highest BCUT2D eigenvalue weighted by Gasteiger charge is 2.47. The normalized spacial score (nSPS) is 16.4. The zero-order valence-corrected chi connectivity index (χ0v) is 21.9. The predicted molar refractivity (Wildman–Crippen MR) is 142 cm³/mol. The number of nitrogens with one attached hydrogen (secondary N) is 2. The minimum atomic E-state index is -1.22. The van der Waals surface area contributed by atoms with Crippen LogP contribution in [0.1, 0.15) is 53.8 Å². The third-order valence-corrected chi connectivity index (χ3v) is 6.99. The van der Waals surface area contributed by atoms with E-state index in [1.165, 1.54) is 12.1 Å². The van der Waals surface area contributed by atoms with Crippen molar-refractivity contribution in [2.45, 2.75) is 38.3 Å². The van der Waals surface area contributed by atoms with E-state index < -0.39 is 48.4 Å². The fourth-order valence-electron chi connectivity index (χ4n) is 4.21. The lowest BCUT2D eigenvalue weighted by molar-refractivity contribution is -0.139. The smallest absolute Gasteiger partial charge is 0.341 e. The quantitative estimate of drug-likeness (QED) is 0.242. The third kappa shape index (κ3) is 6.12. The monoisotopic (exact) mass is 550 g/mol. The number of thiazole rings is 1. The molecule has 1 saturated heterocycles. The van der Waals surface area contributed by atoms with Crippen LogP contribution in [0.2, 0.25) is 0 Å². The van der Waals surface area contributed by atoms with Gasteiger partial charge in [0.1, 0.15) is 23.5 Å². The molecule has 0 aliphatic carbocycles. The Balaban J connectivity index is 1.61. The van der Waals surface area contributed by atoms with Gasteiger partial charge in [-0.3, -0.25) is 14.4 Å². The van der Waals surface area contributed by atoms with Gasteiger partial charge in [0.2, 0.25) is 5.91 Å². The van der Waals surface area contributed by atoms with E-state index >= 15 is 0 Å². The Kier molecular flexibility index (Phi) is 8.35. The number of ether oxygens (including phenoxy) is 1. The van der Waals surface area contributed by atoms with Crippen LogP contribution in [-0.4, -0.2) is 57.2 Å². The molecule has 2 heterocycles. The summed E-state index contributed by atoms with van der Waals surface area (Å²) in [5, 5.41) is 15.8. The van der Waals surface area contributed by atoms with Crippen LogP contribution >= 0.6 is 11.3 Å². The van der Waals surface area contributed by atoms with Crippen LogP contribution in [0.25, 0.3) is 0 Å². The highest BCUT2D eigenvalue weighted by molar-refractivity contribution is 7.14. The molecule has 1 aliphatic heterocycles. The van der Waals surface area contributed by atoms with Gasteiger partial charge < -0.3 is 20.5 Å². The van der Waals surface area contributed by atoms with Gasteiger partial charge in [0.05, 0.1) is 0 Å². The average Bonchev–Trinajstić information content (AvgIpc) is 3.52. The molecule has 2 aromatic carbocycles. The SMILES string of the molecule is CCC(=O)c1csc(NC(=O)[C@H]([C@H](C)c2ccccc2)N2C(=O)NC(c3ccc(OCC(=O)O)cc3)C2=O)n1. The van der Waals surface area contributed by atoms with E-state index in [0.717, 1.165) is 21.8 Å². The van der Waals surface area contributed by atoms with E-state index in [-0.39, 0.29) is 28.8 Å². The Morgan fingerprint density at radius 3 is 2.46 bits per heavy atom. The number of urea groups is 1. The van der Waals surface area contributed by atoms with Crippen molar-refractivity contribution in [3.63, 3.8) is 0 Å². The number of anilines is 1. The number of carboxylic acids is 1. The second-order valence-electron chi connectivity index (χ2n) is 8.79. The Bertz CT molecular complexity index is 1390. The Morgan fingerprint density at radius 2 is 1.82 bits per heavy atom. The third-order valence-electron chi connectivity index (χ3n) is 6.23. The van der Waals surface area contributed by atoms with Crippen LogP contribution < -0.4 is 15.4 Å². The number of imide groups is 1. The first kappa shape index (κ1) is 27.5. The van der Waals surface area contributed by atoms with E-state index in [1.54, 1.807) is 55.6 Å². The minimum Gasteiger partial charge on any atom is -0.482 e. The lowest BCUT2D eigenvalue weighted by Crippen LogP contribution is -2.50. The number of carboxylic acid groups (broad SMARTS) is 1. The maximum absolute atomic E-state index is 13.6. The molecular formula is C27H26N4O7S. The van der Waals surface area contributed by atoms with Crippen molar-refractivity contribution in [1.82, 2.24) is 15.2 Å². The highest BCUT2D eigenvalue weighted by Crippen LogP contribution is 2.32. The van der Waals surface area contributed by atoms with Gasteiger partial charge in [0.15, 0.2) is 17.5 Å². The van der Waals surface area contributed by atoms with Gasteiger partial charge in [-0.15, -0.1) is 11.3 Å². The standard InChI is InChI=1S/C27H26N4O7S/c1-3-20(32)19-14-39-26(28-19)30-24(35)23(15(2)16-7-5-4-6-8-16)31-25(36)22(29-27(31)37)17-9-11-18(12-10-17)38-13-21(33)34/h4-12,14-15,22-23H,3,13H2,1-2H3,(H,29,37)(H,33,34)(H,28,30,35)/t15-,22?,23+/m1/s1. The maximum Gasteiger partial charge on any atom is 0.341 e. The van der Waals surface area contributed by atoms with Gasteiger partial charge in [0, 0.05) is 17.7 Å². The first-order valence-corrected chi connectivity index (χ1v) is 13.0. The molecule has 0 radical (unpaired) electrons. The van der Waals surface area contributed by atoms with Crippen LogP contribution in [0.3, 0.4) is 0 Å². The van der Waals surface area contributed by atoms with Crippen molar-refractivity contribution in [3.05, 3.63) is 76.8 Å². The van der Waals surface area contributed by atoms with Crippen LogP contribution in [-0.2, 0) is 14.4 Å². The lowest BCUT2D eigenvalue weighted by atomic mass is 9.91. The maximum atomic E-state index is 13.6. The second-order valence-corrected chi connectivity index (χ2v) is 9.65. The fourth-order valence-corrected chi connectivity index (χ4v) is 4.93. The van der Waals surface area contributed by atoms with E-state index in [1.807, 2.05) is 6.07 Å². The summed E-state index contributed by atoms with van der Waals surface area (Å²) in [4.78, 5) is 68.1. The van der Waals surface area contributed by atoms with Gasteiger partial charge in [-0.25, -0.2) is 19.5 Å². The van der Waals surface area contributed by atoms with Crippen LogP contribution in [0.5, 0.6) is 5.75 Å². The topological polar surface area (TPSA) is 155 Å². The summed E-state index contributed by atoms with van der Waals surface area (Å²) in [6.07, 6.45) is 0.265. The first-order chi connectivity index (χ1) is 18.7. The van der Waals surface area contributed by atoms with Gasteiger partial charge >= 0.3 is 12.0 Å². The molecule has 1 aromatic heterocycles. The Hall–Kier alpha value is -4.58. The fraction of sp³-hybridized carbons (Fsp3) is 0.259. The molecule has 1 unspecified atom stereocenters. The molecule has 39 heavy (non-hydrogen) atoms. The Labute approximate surface area is 227 Å².